The summed E-state index contributed by atoms with van der Waals surface area (Å²) in [6.45, 7) is 19.5. The van der Waals surface area contributed by atoms with E-state index in [9.17, 15) is 0 Å². The van der Waals surface area contributed by atoms with E-state index in [1.54, 1.807) is 0 Å². The highest BCUT2D eigenvalue weighted by Gasteiger charge is 2.15. The first-order valence-electron chi connectivity index (χ1n) is 13.3. The lowest BCUT2D eigenvalue weighted by Crippen LogP contribution is -2.10. The Labute approximate surface area is 181 Å². The molecule has 0 rings (SSSR count). The van der Waals surface area contributed by atoms with Crippen molar-refractivity contribution in [2.24, 2.45) is 35.5 Å². The molecule has 0 fully saturated rings. The van der Waals surface area contributed by atoms with E-state index >= 15 is 0 Å². The fourth-order valence-corrected chi connectivity index (χ4v) is 5.62. The summed E-state index contributed by atoms with van der Waals surface area (Å²) in [5.74, 6) is 5.52. The molecule has 0 bridgehead atoms. The van der Waals surface area contributed by atoms with E-state index in [0.29, 0.717) is 0 Å². The Morgan fingerprint density at radius 3 is 1.14 bits per heavy atom. The van der Waals surface area contributed by atoms with Crippen molar-refractivity contribution in [3.8, 4) is 0 Å². The second-order valence-corrected chi connectivity index (χ2v) is 11.1. The van der Waals surface area contributed by atoms with Gasteiger partial charge in [-0.15, -0.1) is 0 Å². The maximum atomic E-state index is 2.50. The minimum absolute atomic E-state index is 0.906. The van der Waals surface area contributed by atoms with Crippen LogP contribution in [0.25, 0.3) is 0 Å². The number of hydrogen-bond acceptors (Lipinski definition) is 0. The maximum absolute atomic E-state index is 2.50. The van der Waals surface area contributed by atoms with E-state index in [-0.39, 0.29) is 0 Å². The van der Waals surface area contributed by atoms with Crippen LogP contribution in [0.3, 0.4) is 0 Å². The first kappa shape index (κ1) is 28.0. The largest absolute Gasteiger partial charge is 0.0654 e. The van der Waals surface area contributed by atoms with Crippen molar-refractivity contribution in [2.75, 3.05) is 0 Å². The molecule has 0 aromatic rings. The smallest absolute Gasteiger partial charge is 0.0438 e. The predicted octanol–water partition coefficient (Wildman–Crippen LogP) is 10.3. The molecule has 0 radical (unpaired) electrons. The molecule has 0 aliphatic carbocycles. The third-order valence-electron chi connectivity index (χ3n) is 6.94. The monoisotopic (exact) mass is 394 g/mol. The third kappa shape index (κ3) is 16.9. The van der Waals surface area contributed by atoms with Gasteiger partial charge in [-0.3, -0.25) is 0 Å². The minimum atomic E-state index is 0.906. The van der Waals surface area contributed by atoms with Crippen molar-refractivity contribution in [2.45, 2.75) is 145 Å². The van der Waals surface area contributed by atoms with Crippen LogP contribution in [0.1, 0.15) is 145 Å². The van der Waals surface area contributed by atoms with Crippen molar-refractivity contribution >= 4 is 0 Å². The second kappa shape index (κ2) is 17.8. The van der Waals surface area contributed by atoms with E-state index in [4.69, 9.17) is 0 Å². The lowest BCUT2D eigenvalue weighted by Gasteiger charge is -2.23. The molecule has 0 aliphatic heterocycles. The quantitative estimate of drug-likeness (QED) is 0.191. The molecular weight excluding hydrogens is 336 g/mol. The van der Waals surface area contributed by atoms with E-state index in [1.165, 1.54) is 89.9 Å². The van der Waals surface area contributed by atoms with Gasteiger partial charge in [0.25, 0.3) is 0 Å². The standard InChI is InChI=1S/C28H58/c1-9-11-16-24(4)19-25(5)17-13-12-14-18-26(6)21-28(8)22-27(7)20-23(3)15-10-2/h23-28H,9-22H2,1-8H3/t23-,24-,25+,26-,27+,28+/m1/s1. The van der Waals surface area contributed by atoms with Gasteiger partial charge in [-0.05, 0) is 61.2 Å². The Bertz CT molecular complexity index is 320. The second-order valence-electron chi connectivity index (χ2n) is 11.1. The van der Waals surface area contributed by atoms with Crippen molar-refractivity contribution in [3.63, 3.8) is 0 Å². The van der Waals surface area contributed by atoms with Crippen LogP contribution in [0, 0.1) is 35.5 Å². The molecule has 0 aromatic heterocycles. The number of rotatable bonds is 19. The highest BCUT2D eigenvalue weighted by atomic mass is 14.2. The van der Waals surface area contributed by atoms with E-state index in [0.717, 1.165) is 35.5 Å². The van der Waals surface area contributed by atoms with Crippen LogP contribution >= 0.6 is 0 Å². The van der Waals surface area contributed by atoms with Gasteiger partial charge in [-0.2, -0.15) is 0 Å². The maximum Gasteiger partial charge on any atom is -0.0438 e. The first-order chi connectivity index (χ1) is 13.3. The zero-order chi connectivity index (χ0) is 21.4. The molecule has 28 heavy (non-hydrogen) atoms. The summed E-state index contributed by atoms with van der Waals surface area (Å²) in [5, 5.41) is 0. The molecule has 0 N–H and O–H groups in total. The average Bonchev–Trinajstić information content (AvgIpc) is 2.59. The van der Waals surface area contributed by atoms with Crippen LogP contribution in [0.2, 0.25) is 0 Å². The Morgan fingerprint density at radius 2 is 0.714 bits per heavy atom. The summed E-state index contributed by atoms with van der Waals surface area (Å²) in [5.41, 5.74) is 0. The first-order valence-corrected chi connectivity index (χ1v) is 13.3. The van der Waals surface area contributed by atoms with Gasteiger partial charge >= 0.3 is 0 Å². The molecule has 0 amide bonds. The van der Waals surface area contributed by atoms with Gasteiger partial charge < -0.3 is 0 Å². The molecule has 0 heterocycles. The van der Waals surface area contributed by atoms with Crippen LogP contribution in [-0.2, 0) is 0 Å². The zero-order valence-electron chi connectivity index (χ0n) is 21.4. The lowest BCUT2D eigenvalue weighted by molar-refractivity contribution is 0.292. The highest BCUT2D eigenvalue weighted by molar-refractivity contribution is 4.67. The minimum Gasteiger partial charge on any atom is -0.0654 e. The van der Waals surface area contributed by atoms with Gasteiger partial charge in [0.1, 0.15) is 0 Å². The molecule has 0 saturated carbocycles. The van der Waals surface area contributed by atoms with Gasteiger partial charge in [-0.25, -0.2) is 0 Å². The summed E-state index contributed by atoms with van der Waals surface area (Å²) in [6, 6.07) is 0. The summed E-state index contributed by atoms with van der Waals surface area (Å²) >= 11 is 0. The fourth-order valence-electron chi connectivity index (χ4n) is 5.62. The highest BCUT2D eigenvalue weighted by Crippen LogP contribution is 2.28. The van der Waals surface area contributed by atoms with Crippen molar-refractivity contribution in [3.05, 3.63) is 0 Å². The van der Waals surface area contributed by atoms with Crippen molar-refractivity contribution < 1.29 is 0 Å². The Morgan fingerprint density at radius 1 is 0.357 bits per heavy atom. The molecule has 0 saturated heterocycles. The van der Waals surface area contributed by atoms with Gasteiger partial charge in [0, 0.05) is 0 Å². The Balaban J connectivity index is 3.73. The fraction of sp³-hybridized carbons (Fsp3) is 1.00. The van der Waals surface area contributed by atoms with Crippen LogP contribution in [-0.4, -0.2) is 0 Å². The van der Waals surface area contributed by atoms with Crippen LogP contribution in [0.5, 0.6) is 0 Å². The molecule has 0 aliphatic rings. The normalized spacial score (nSPS) is 18.4. The van der Waals surface area contributed by atoms with Crippen LogP contribution < -0.4 is 0 Å². The summed E-state index contributed by atoms with van der Waals surface area (Å²) in [7, 11) is 0. The molecule has 0 unspecified atom stereocenters. The molecule has 170 valence electrons. The lowest BCUT2D eigenvalue weighted by atomic mass is 9.83. The molecule has 0 heteroatoms. The average molecular weight is 395 g/mol. The molecule has 0 aromatic carbocycles. The SMILES string of the molecule is CCCC[C@@H](C)C[C@@H](C)CCCCC[C@@H](C)C[C@H](C)C[C@@H](C)C[C@H](C)CCC. The topological polar surface area (TPSA) is 0 Å². The molecular formula is C28H58. The number of unbranched alkanes of at least 4 members (excludes halogenated alkanes) is 3. The predicted molar refractivity (Wildman–Crippen MR) is 131 cm³/mol. The van der Waals surface area contributed by atoms with E-state index < -0.39 is 0 Å². The third-order valence-corrected chi connectivity index (χ3v) is 6.94. The summed E-state index contributed by atoms with van der Waals surface area (Å²) in [6.07, 6.45) is 20.0. The van der Waals surface area contributed by atoms with Gasteiger partial charge in [0.05, 0.1) is 0 Å². The summed E-state index contributed by atoms with van der Waals surface area (Å²) in [4.78, 5) is 0. The molecule has 0 nitrogen and oxygen atoms in total. The summed E-state index contributed by atoms with van der Waals surface area (Å²) < 4.78 is 0. The molecule has 6 atom stereocenters. The van der Waals surface area contributed by atoms with Gasteiger partial charge in [-0.1, -0.05) is 120 Å². The van der Waals surface area contributed by atoms with Gasteiger partial charge in [0.2, 0.25) is 0 Å². The van der Waals surface area contributed by atoms with E-state index in [1.807, 2.05) is 0 Å². The Hall–Kier alpha value is 0. The zero-order valence-corrected chi connectivity index (χ0v) is 21.4. The van der Waals surface area contributed by atoms with Crippen molar-refractivity contribution in [1.82, 2.24) is 0 Å². The van der Waals surface area contributed by atoms with Crippen LogP contribution in [0.15, 0.2) is 0 Å². The Kier molecular flexibility index (Phi) is 17.8. The molecule has 0 spiro atoms. The number of hydrogen-bond donors (Lipinski definition) is 0. The van der Waals surface area contributed by atoms with Crippen molar-refractivity contribution in [1.29, 1.82) is 0 Å². The van der Waals surface area contributed by atoms with Crippen LogP contribution in [0.4, 0.5) is 0 Å². The van der Waals surface area contributed by atoms with E-state index in [2.05, 4.69) is 55.4 Å². The van der Waals surface area contributed by atoms with Gasteiger partial charge in [0.15, 0.2) is 0 Å².